The van der Waals surface area contributed by atoms with Crippen LogP contribution in [0.5, 0.6) is 0 Å². The summed E-state index contributed by atoms with van der Waals surface area (Å²) < 4.78 is 0. The first-order valence-electron chi connectivity index (χ1n) is 5.86. The molecule has 1 aliphatic carbocycles. The zero-order valence-corrected chi connectivity index (χ0v) is 11.2. The van der Waals surface area contributed by atoms with Crippen molar-refractivity contribution >= 4 is 29.1 Å². The first-order valence-corrected chi connectivity index (χ1v) is 6.61. The highest BCUT2D eigenvalue weighted by Crippen LogP contribution is 2.40. The van der Waals surface area contributed by atoms with Gasteiger partial charge in [-0.25, -0.2) is 0 Å². The second-order valence-corrected chi connectivity index (χ2v) is 5.22. The normalized spacial score (nSPS) is 23.0. The fourth-order valence-electron chi connectivity index (χ4n) is 2.16. The molecule has 17 heavy (non-hydrogen) atoms. The molecule has 4 heteroatoms. The minimum absolute atomic E-state index is 0.102. The quantitative estimate of drug-likeness (QED) is 0.891. The Morgan fingerprint density at radius 2 is 2.18 bits per heavy atom. The molecule has 1 aromatic carbocycles. The van der Waals surface area contributed by atoms with E-state index >= 15 is 0 Å². The van der Waals surface area contributed by atoms with Gasteiger partial charge in [-0.1, -0.05) is 36.2 Å². The highest BCUT2D eigenvalue weighted by molar-refractivity contribution is 6.35. The number of rotatable bonds is 3. The molecule has 0 heterocycles. The maximum atomic E-state index is 11.4. The summed E-state index contributed by atoms with van der Waals surface area (Å²) in [4.78, 5) is 11.4. The number of carbonyl (C=O) groups is 1. The molecule has 2 atom stereocenters. The van der Waals surface area contributed by atoms with Crippen molar-refractivity contribution in [3.8, 4) is 0 Å². The van der Waals surface area contributed by atoms with Crippen LogP contribution in [0.3, 0.4) is 0 Å². The van der Waals surface area contributed by atoms with Gasteiger partial charge in [0.05, 0.1) is 0 Å². The molecule has 0 spiro atoms. The van der Waals surface area contributed by atoms with Gasteiger partial charge < -0.3 is 5.32 Å². The Balaban J connectivity index is 2.10. The summed E-state index contributed by atoms with van der Waals surface area (Å²) in [5, 5.41) is 4.36. The molecule has 1 amide bonds. The van der Waals surface area contributed by atoms with Crippen LogP contribution < -0.4 is 5.32 Å². The molecule has 0 saturated heterocycles. The van der Waals surface area contributed by atoms with E-state index in [-0.39, 0.29) is 11.9 Å². The summed E-state index contributed by atoms with van der Waals surface area (Å²) in [6.45, 7) is 1.86. The van der Waals surface area contributed by atoms with Crippen LogP contribution in [0.25, 0.3) is 0 Å². The summed E-state index contributed by atoms with van der Waals surface area (Å²) in [7, 11) is 0. The number of benzene rings is 1. The van der Waals surface area contributed by atoms with Crippen LogP contribution in [0.15, 0.2) is 18.2 Å². The smallest absolute Gasteiger partial charge is 0.219 e. The van der Waals surface area contributed by atoms with Gasteiger partial charge in [0, 0.05) is 28.4 Å². The van der Waals surface area contributed by atoms with E-state index in [1.165, 1.54) is 0 Å². The molecular formula is C13H15Cl2NO. The Morgan fingerprint density at radius 1 is 1.41 bits per heavy atom. The van der Waals surface area contributed by atoms with E-state index < -0.39 is 0 Å². The highest BCUT2D eigenvalue weighted by atomic mass is 35.5. The highest BCUT2D eigenvalue weighted by Gasteiger charge is 2.34. The summed E-state index contributed by atoms with van der Waals surface area (Å²) in [5.41, 5.74) is 1.09. The van der Waals surface area contributed by atoms with Crippen LogP contribution in [-0.4, -0.2) is 11.9 Å². The van der Waals surface area contributed by atoms with Crippen LogP contribution in [0.4, 0.5) is 0 Å². The molecule has 0 radical (unpaired) electrons. The van der Waals surface area contributed by atoms with Gasteiger partial charge in [-0.3, -0.25) is 4.79 Å². The summed E-state index contributed by atoms with van der Waals surface area (Å²) >= 11 is 12.0. The number of carbonyl (C=O) groups excluding carboxylic acids is 1. The van der Waals surface area contributed by atoms with Crippen molar-refractivity contribution in [2.45, 2.75) is 38.1 Å². The summed E-state index contributed by atoms with van der Waals surface area (Å²) in [5.74, 6) is 0.431. The van der Waals surface area contributed by atoms with Crippen LogP contribution in [0.2, 0.25) is 10.0 Å². The Kier molecular flexibility index (Phi) is 3.95. The molecule has 2 rings (SSSR count). The Labute approximate surface area is 111 Å². The number of halogens is 2. The topological polar surface area (TPSA) is 29.1 Å². The van der Waals surface area contributed by atoms with E-state index in [1.807, 2.05) is 19.1 Å². The molecule has 1 saturated carbocycles. The standard InChI is InChI=1S/C13H15Cl2NO/c1-2-13(17)16-12-6-5-10(12)9-4-3-8(14)7-11(9)15/h3-4,7,10,12H,2,5-6H2,1H3,(H,16,17). The van der Waals surface area contributed by atoms with E-state index in [1.54, 1.807) is 6.07 Å². The van der Waals surface area contributed by atoms with Crippen molar-refractivity contribution in [3.05, 3.63) is 33.8 Å². The molecule has 2 nitrogen and oxygen atoms in total. The lowest BCUT2D eigenvalue weighted by Crippen LogP contribution is -2.45. The minimum atomic E-state index is 0.102. The summed E-state index contributed by atoms with van der Waals surface area (Å²) in [6, 6.07) is 5.79. The second kappa shape index (κ2) is 5.28. The van der Waals surface area contributed by atoms with E-state index in [9.17, 15) is 4.79 Å². The molecule has 0 aliphatic heterocycles. The molecule has 1 aliphatic rings. The Morgan fingerprint density at radius 3 is 2.71 bits per heavy atom. The first-order chi connectivity index (χ1) is 8.11. The Bertz CT molecular complexity index is 433. The van der Waals surface area contributed by atoms with Crippen LogP contribution in [0.1, 0.15) is 37.7 Å². The van der Waals surface area contributed by atoms with Crippen molar-refractivity contribution in [1.82, 2.24) is 5.32 Å². The molecule has 0 aromatic heterocycles. The van der Waals surface area contributed by atoms with Crippen molar-refractivity contribution in [1.29, 1.82) is 0 Å². The SMILES string of the molecule is CCC(=O)NC1CCC1c1ccc(Cl)cc1Cl. The van der Waals surface area contributed by atoms with Gasteiger partial charge in [0.25, 0.3) is 0 Å². The van der Waals surface area contributed by atoms with Crippen LogP contribution in [-0.2, 0) is 4.79 Å². The largest absolute Gasteiger partial charge is 0.353 e. The predicted octanol–water partition coefficient (Wildman–Crippen LogP) is 3.77. The van der Waals surface area contributed by atoms with Gasteiger partial charge in [0.1, 0.15) is 0 Å². The number of nitrogens with one attached hydrogen (secondary N) is 1. The lowest BCUT2D eigenvalue weighted by Gasteiger charge is -2.38. The van der Waals surface area contributed by atoms with E-state index in [4.69, 9.17) is 23.2 Å². The summed E-state index contributed by atoms with van der Waals surface area (Å²) in [6.07, 6.45) is 2.61. The molecule has 1 fully saturated rings. The second-order valence-electron chi connectivity index (χ2n) is 4.38. The molecular weight excluding hydrogens is 257 g/mol. The molecule has 0 bridgehead atoms. The lowest BCUT2D eigenvalue weighted by atomic mass is 9.75. The van der Waals surface area contributed by atoms with E-state index in [0.717, 1.165) is 18.4 Å². The van der Waals surface area contributed by atoms with Gasteiger partial charge in [0.15, 0.2) is 0 Å². The van der Waals surface area contributed by atoms with E-state index in [0.29, 0.717) is 22.4 Å². The third-order valence-corrected chi connectivity index (χ3v) is 3.87. The minimum Gasteiger partial charge on any atom is -0.353 e. The molecule has 1 N–H and O–H groups in total. The van der Waals surface area contributed by atoms with Gasteiger partial charge >= 0.3 is 0 Å². The molecule has 2 unspecified atom stereocenters. The average molecular weight is 272 g/mol. The maximum absolute atomic E-state index is 11.4. The third-order valence-electron chi connectivity index (χ3n) is 3.30. The number of hydrogen-bond acceptors (Lipinski definition) is 1. The van der Waals surface area contributed by atoms with E-state index in [2.05, 4.69) is 5.32 Å². The third kappa shape index (κ3) is 2.75. The van der Waals surface area contributed by atoms with Crippen molar-refractivity contribution < 1.29 is 4.79 Å². The number of hydrogen-bond donors (Lipinski definition) is 1. The van der Waals surface area contributed by atoms with Crippen molar-refractivity contribution in [2.75, 3.05) is 0 Å². The van der Waals surface area contributed by atoms with Gasteiger partial charge in [-0.2, -0.15) is 0 Å². The van der Waals surface area contributed by atoms with Crippen LogP contribution in [0, 0.1) is 0 Å². The monoisotopic (exact) mass is 271 g/mol. The first kappa shape index (κ1) is 12.7. The fraction of sp³-hybridized carbons (Fsp3) is 0.462. The Hall–Kier alpha value is -0.730. The fourth-order valence-corrected chi connectivity index (χ4v) is 2.70. The van der Waals surface area contributed by atoms with Gasteiger partial charge in [-0.15, -0.1) is 0 Å². The van der Waals surface area contributed by atoms with Crippen molar-refractivity contribution in [2.24, 2.45) is 0 Å². The van der Waals surface area contributed by atoms with Crippen LogP contribution >= 0.6 is 23.2 Å². The zero-order chi connectivity index (χ0) is 12.4. The number of amides is 1. The lowest BCUT2D eigenvalue weighted by molar-refractivity contribution is -0.122. The predicted molar refractivity (Wildman–Crippen MR) is 70.7 cm³/mol. The molecule has 92 valence electrons. The molecule has 1 aromatic rings. The maximum Gasteiger partial charge on any atom is 0.219 e. The average Bonchev–Trinajstić information content (AvgIpc) is 2.27. The van der Waals surface area contributed by atoms with Crippen molar-refractivity contribution in [3.63, 3.8) is 0 Å². The van der Waals surface area contributed by atoms with Gasteiger partial charge in [-0.05, 0) is 30.5 Å². The van der Waals surface area contributed by atoms with Gasteiger partial charge in [0.2, 0.25) is 5.91 Å². The zero-order valence-electron chi connectivity index (χ0n) is 9.67.